The Morgan fingerprint density at radius 2 is 1.88 bits per heavy atom. The molecule has 0 unspecified atom stereocenters. The van der Waals surface area contributed by atoms with Crippen LogP contribution in [0.25, 0.3) is 0 Å². The first kappa shape index (κ1) is 11.1. The number of rotatable bonds is 1. The van der Waals surface area contributed by atoms with Crippen LogP contribution in [0.15, 0.2) is 22.7 Å². The molecule has 1 aliphatic heterocycles. The Balaban J connectivity index is 2.32. The molecule has 0 aliphatic carbocycles. The number of hydrogen-bond acceptors (Lipinski definition) is 3. The van der Waals surface area contributed by atoms with Crippen molar-refractivity contribution in [1.29, 1.82) is 0 Å². The van der Waals surface area contributed by atoms with Crippen LogP contribution in [0.4, 0.5) is 5.69 Å². The topological polar surface area (TPSA) is 49.4 Å². The van der Waals surface area contributed by atoms with E-state index >= 15 is 0 Å². The zero-order valence-electron chi connectivity index (χ0n) is 8.79. The minimum atomic E-state index is -0.260. The fourth-order valence-electron chi connectivity index (χ4n) is 1.67. The van der Waals surface area contributed by atoms with Crippen LogP contribution in [-0.4, -0.2) is 24.9 Å². The molecule has 1 heterocycles. The molecule has 16 heavy (non-hydrogen) atoms. The first-order valence-corrected chi connectivity index (χ1v) is 5.69. The minimum Gasteiger partial charge on any atom is -0.352 e. The molecule has 4 nitrogen and oxygen atoms in total. The van der Waals surface area contributed by atoms with Crippen LogP contribution in [0.5, 0.6) is 0 Å². The summed E-state index contributed by atoms with van der Waals surface area (Å²) in [4.78, 5) is 24.3. The molecule has 0 bridgehead atoms. The molecular weight excluding hydrogens is 272 g/mol. The molecule has 0 spiro atoms. The summed E-state index contributed by atoms with van der Waals surface area (Å²) >= 11 is 3.42. The number of halogens is 1. The number of carbonyl (C=O) groups is 2. The summed E-state index contributed by atoms with van der Waals surface area (Å²) in [5.74, 6) is -0.519. The van der Waals surface area contributed by atoms with Crippen molar-refractivity contribution in [2.75, 3.05) is 18.0 Å². The van der Waals surface area contributed by atoms with Gasteiger partial charge in [0.1, 0.15) is 0 Å². The van der Waals surface area contributed by atoms with Gasteiger partial charge in [-0.3, -0.25) is 14.9 Å². The first-order valence-electron chi connectivity index (χ1n) is 4.90. The van der Waals surface area contributed by atoms with Crippen LogP contribution in [0, 0.1) is 6.92 Å². The lowest BCUT2D eigenvalue weighted by atomic mass is 10.2. The average Bonchev–Trinajstić information content (AvgIpc) is 2.20. The van der Waals surface area contributed by atoms with Gasteiger partial charge in [-0.1, -0.05) is 6.07 Å². The molecule has 84 valence electrons. The third-order valence-electron chi connectivity index (χ3n) is 2.39. The number of benzene rings is 1. The minimum absolute atomic E-state index is 0.216. The molecule has 2 rings (SSSR count). The van der Waals surface area contributed by atoms with Crippen molar-refractivity contribution in [1.82, 2.24) is 5.32 Å². The molecular formula is C11H11BrN2O2. The Morgan fingerprint density at radius 3 is 2.50 bits per heavy atom. The smallest absolute Gasteiger partial charge is 0.246 e. The van der Waals surface area contributed by atoms with E-state index in [2.05, 4.69) is 21.2 Å². The number of nitrogens with zero attached hydrogens (tertiary/aromatic N) is 1. The molecule has 1 aromatic rings. The normalized spacial score (nSPS) is 16.2. The van der Waals surface area contributed by atoms with Crippen molar-refractivity contribution in [3.05, 3.63) is 28.2 Å². The fourth-order valence-corrected chi connectivity index (χ4v) is 2.17. The van der Waals surface area contributed by atoms with Crippen LogP contribution in [-0.2, 0) is 9.59 Å². The van der Waals surface area contributed by atoms with E-state index in [1.807, 2.05) is 25.1 Å². The SMILES string of the molecule is Cc1ccc(Br)c(N2CC(=O)NC(=O)C2)c1. The van der Waals surface area contributed by atoms with Crippen LogP contribution in [0.1, 0.15) is 5.56 Å². The molecule has 1 saturated heterocycles. The van der Waals surface area contributed by atoms with E-state index in [1.54, 1.807) is 4.90 Å². The number of anilines is 1. The predicted molar refractivity (Wildman–Crippen MR) is 64.2 cm³/mol. The molecule has 1 aromatic carbocycles. The largest absolute Gasteiger partial charge is 0.352 e. The summed E-state index contributed by atoms with van der Waals surface area (Å²) in [6, 6.07) is 5.84. The Bertz CT molecular complexity index is 443. The van der Waals surface area contributed by atoms with Crippen molar-refractivity contribution in [2.45, 2.75) is 6.92 Å². The predicted octanol–water partition coefficient (Wildman–Crippen LogP) is 1.22. The Morgan fingerprint density at radius 1 is 1.25 bits per heavy atom. The van der Waals surface area contributed by atoms with Crippen molar-refractivity contribution >= 4 is 33.4 Å². The second-order valence-electron chi connectivity index (χ2n) is 3.78. The lowest BCUT2D eigenvalue weighted by Crippen LogP contribution is -2.51. The number of piperazine rings is 1. The Labute approximate surface area is 102 Å². The van der Waals surface area contributed by atoms with Crippen molar-refractivity contribution in [3.63, 3.8) is 0 Å². The van der Waals surface area contributed by atoms with Crippen molar-refractivity contribution in [3.8, 4) is 0 Å². The van der Waals surface area contributed by atoms with E-state index < -0.39 is 0 Å². The van der Waals surface area contributed by atoms with Gasteiger partial charge in [-0.15, -0.1) is 0 Å². The third-order valence-corrected chi connectivity index (χ3v) is 3.06. The van der Waals surface area contributed by atoms with Crippen molar-refractivity contribution < 1.29 is 9.59 Å². The summed E-state index contributed by atoms with van der Waals surface area (Å²) in [6.45, 7) is 2.41. The van der Waals surface area contributed by atoms with Crippen LogP contribution in [0.3, 0.4) is 0 Å². The monoisotopic (exact) mass is 282 g/mol. The Kier molecular flexibility index (Phi) is 2.96. The zero-order chi connectivity index (χ0) is 11.7. The first-order chi connectivity index (χ1) is 7.56. The zero-order valence-corrected chi connectivity index (χ0v) is 10.4. The van der Waals surface area contributed by atoms with Gasteiger partial charge in [-0.05, 0) is 40.5 Å². The van der Waals surface area contributed by atoms with E-state index in [1.165, 1.54) is 0 Å². The van der Waals surface area contributed by atoms with Gasteiger partial charge >= 0.3 is 0 Å². The van der Waals surface area contributed by atoms with E-state index in [0.717, 1.165) is 15.7 Å². The molecule has 0 saturated carbocycles. The van der Waals surface area contributed by atoms with Gasteiger partial charge in [0.25, 0.3) is 0 Å². The standard InChI is InChI=1S/C11H11BrN2O2/c1-7-2-3-8(12)9(4-7)14-5-10(15)13-11(16)6-14/h2-4H,5-6H2,1H3,(H,13,15,16). The molecule has 0 atom stereocenters. The summed E-state index contributed by atoms with van der Waals surface area (Å²) < 4.78 is 0.889. The van der Waals surface area contributed by atoms with Gasteiger partial charge in [0, 0.05) is 4.47 Å². The summed E-state index contributed by atoms with van der Waals surface area (Å²) in [5.41, 5.74) is 1.97. The van der Waals surface area contributed by atoms with Crippen LogP contribution in [0.2, 0.25) is 0 Å². The number of hydrogen-bond donors (Lipinski definition) is 1. The van der Waals surface area contributed by atoms with Gasteiger partial charge in [-0.25, -0.2) is 0 Å². The maximum absolute atomic E-state index is 11.3. The lowest BCUT2D eigenvalue weighted by molar-refractivity contribution is -0.130. The summed E-state index contributed by atoms with van der Waals surface area (Å²) in [6.07, 6.45) is 0. The number of carbonyl (C=O) groups excluding carboxylic acids is 2. The highest BCUT2D eigenvalue weighted by atomic mass is 79.9. The van der Waals surface area contributed by atoms with E-state index in [-0.39, 0.29) is 24.9 Å². The van der Waals surface area contributed by atoms with E-state index in [4.69, 9.17) is 0 Å². The molecule has 2 amide bonds. The highest BCUT2D eigenvalue weighted by Crippen LogP contribution is 2.27. The highest BCUT2D eigenvalue weighted by molar-refractivity contribution is 9.10. The van der Waals surface area contributed by atoms with Crippen LogP contribution < -0.4 is 10.2 Å². The fraction of sp³-hybridized carbons (Fsp3) is 0.273. The van der Waals surface area contributed by atoms with Gasteiger partial charge < -0.3 is 4.90 Å². The maximum Gasteiger partial charge on any atom is 0.246 e. The molecule has 1 aliphatic rings. The third kappa shape index (κ3) is 2.24. The second-order valence-corrected chi connectivity index (χ2v) is 4.64. The van der Waals surface area contributed by atoms with Gasteiger partial charge in [0.15, 0.2) is 0 Å². The van der Waals surface area contributed by atoms with Crippen LogP contribution >= 0.6 is 15.9 Å². The molecule has 1 fully saturated rings. The molecule has 5 heteroatoms. The molecule has 1 N–H and O–H groups in total. The summed E-state index contributed by atoms with van der Waals surface area (Å²) in [5, 5.41) is 2.28. The lowest BCUT2D eigenvalue weighted by Gasteiger charge is -2.28. The number of aryl methyl sites for hydroxylation is 1. The number of imide groups is 1. The average molecular weight is 283 g/mol. The van der Waals surface area contributed by atoms with Gasteiger partial charge in [0.05, 0.1) is 18.8 Å². The summed E-state index contributed by atoms with van der Waals surface area (Å²) in [7, 11) is 0. The van der Waals surface area contributed by atoms with Gasteiger partial charge in [0.2, 0.25) is 11.8 Å². The Hall–Kier alpha value is -1.36. The molecule has 0 aromatic heterocycles. The quantitative estimate of drug-likeness (QED) is 0.788. The van der Waals surface area contributed by atoms with Crippen molar-refractivity contribution in [2.24, 2.45) is 0 Å². The maximum atomic E-state index is 11.3. The van der Waals surface area contributed by atoms with E-state index in [0.29, 0.717) is 0 Å². The highest BCUT2D eigenvalue weighted by Gasteiger charge is 2.23. The number of nitrogens with one attached hydrogen (secondary N) is 1. The molecule has 0 radical (unpaired) electrons. The van der Waals surface area contributed by atoms with Gasteiger partial charge in [-0.2, -0.15) is 0 Å². The second kappa shape index (κ2) is 4.25. The number of amides is 2. The van der Waals surface area contributed by atoms with E-state index in [9.17, 15) is 9.59 Å².